The van der Waals surface area contributed by atoms with Crippen LogP contribution in [0.2, 0.25) is 5.02 Å². The molecular formula is C46H38ClFN6O5. The van der Waals surface area contributed by atoms with E-state index in [9.17, 15) is 23.9 Å². The van der Waals surface area contributed by atoms with Crippen LogP contribution in [0.3, 0.4) is 0 Å². The second-order valence-corrected chi connectivity index (χ2v) is 16.0. The lowest BCUT2D eigenvalue weighted by atomic mass is 9.49. The van der Waals surface area contributed by atoms with E-state index in [-0.39, 0.29) is 24.5 Å². The van der Waals surface area contributed by atoms with Crippen molar-refractivity contribution in [3.8, 4) is 5.75 Å². The van der Waals surface area contributed by atoms with E-state index >= 15 is 4.79 Å². The third-order valence-corrected chi connectivity index (χ3v) is 12.5. The molecule has 59 heavy (non-hydrogen) atoms. The van der Waals surface area contributed by atoms with Gasteiger partial charge in [0.1, 0.15) is 11.6 Å². The van der Waals surface area contributed by atoms with Crippen molar-refractivity contribution < 1.29 is 28.7 Å². The van der Waals surface area contributed by atoms with Crippen molar-refractivity contribution in [2.45, 2.75) is 24.2 Å². The predicted molar refractivity (Wildman–Crippen MR) is 221 cm³/mol. The molecule has 0 bridgehead atoms. The van der Waals surface area contributed by atoms with Gasteiger partial charge in [0, 0.05) is 30.7 Å². The van der Waals surface area contributed by atoms with Gasteiger partial charge >= 0.3 is 0 Å². The van der Waals surface area contributed by atoms with Crippen molar-refractivity contribution in [1.29, 1.82) is 0 Å². The van der Waals surface area contributed by atoms with Gasteiger partial charge in [0.25, 0.3) is 11.8 Å². The van der Waals surface area contributed by atoms with Gasteiger partial charge in [-0.25, -0.2) is 4.39 Å². The van der Waals surface area contributed by atoms with Crippen molar-refractivity contribution >= 4 is 63.7 Å². The molecule has 2 N–H and O–H groups in total. The Hall–Kier alpha value is -6.66. The summed E-state index contributed by atoms with van der Waals surface area (Å²) in [5.41, 5.74) is 6.18. The minimum atomic E-state index is -1.55. The molecule has 11 nitrogen and oxygen atoms in total. The van der Waals surface area contributed by atoms with Gasteiger partial charge in [0.2, 0.25) is 11.8 Å². The summed E-state index contributed by atoms with van der Waals surface area (Å²) < 4.78 is 13.9. The van der Waals surface area contributed by atoms with E-state index in [4.69, 9.17) is 11.6 Å². The number of allylic oxidation sites excluding steroid dienone is 2. The number of hydrogen-bond donors (Lipinski definition) is 2. The zero-order valence-corrected chi connectivity index (χ0v) is 32.8. The highest BCUT2D eigenvalue weighted by atomic mass is 35.5. The van der Waals surface area contributed by atoms with Crippen LogP contribution in [0.1, 0.15) is 29.9 Å². The van der Waals surface area contributed by atoms with E-state index in [0.29, 0.717) is 38.9 Å². The molecule has 9 rings (SSSR count). The summed E-state index contributed by atoms with van der Waals surface area (Å²) in [4.78, 5) is 62.2. The molecule has 3 fully saturated rings. The second-order valence-electron chi connectivity index (χ2n) is 15.6. The van der Waals surface area contributed by atoms with Crippen LogP contribution in [0.5, 0.6) is 5.75 Å². The summed E-state index contributed by atoms with van der Waals surface area (Å²) in [5.74, 6) is -6.32. The van der Waals surface area contributed by atoms with Gasteiger partial charge < -0.3 is 10.0 Å². The Morgan fingerprint density at radius 2 is 1.46 bits per heavy atom. The second kappa shape index (κ2) is 14.6. The monoisotopic (exact) mass is 808 g/mol. The number of hydrogen-bond acceptors (Lipinski definition) is 9. The molecule has 2 saturated heterocycles. The number of fused-ring (bicyclic) bond motifs is 4. The summed E-state index contributed by atoms with van der Waals surface area (Å²) in [6.07, 6.45) is 2.26. The lowest BCUT2D eigenvalue weighted by Gasteiger charge is -2.50. The van der Waals surface area contributed by atoms with Crippen molar-refractivity contribution in [2.24, 2.45) is 33.9 Å². The van der Waals surface area contributed by atoms with Gasteiger partial charge in [-0.1, -0.05) is 47.5 Å². The van der Waals surface area contributed by atoms with Crippen LogP contribution in [0.15, 0.2) is 143 Å². The van der Waals surface area contributed by atoms with Crippen molar-refractivity contribution in [3.05, 3.63) is 155 Å². The molecule has 2 aliphatic carbocycles. The summed E-state index contributed by atoms with van der Waals surface area (Å²) in [5, 5.41) is 20.9. The Bertz CT molecular complexity index is 2560. The summed E-state index contributed by atoms with van der Waals surface area (Å²) >= 11 is 6.37. The lowest BCUT2D eigenvalue weighted by molar-refractivity contribution is -0.138. The SMILES string of the molecule is CN(C)c1ccc(N=Nc2ccc(N3C(=O)C4CC=C5C(CC6C(=O)N(Nc7ccc(F)cc7)C(=O)C6(c6ccc(Cl)cc6)C5c5cccc(O)c5)C4C3=O)cc2)cc1. The standard InChI is InChI=1S/C46H38ClFN6O5/c1-52(2)33-18-14-30(15-19-33)49-50-31-16-20-34(21-17-31)53-42(56)37-23-22-36-38(40(37)44(53)58)25-39-43(57)54(51-32-12-10-29(48)11-13-32)45(59)46(39,27-6-8-28(47)9-7-27)41(36)26-4-3-5-35(55)24-26/h3-22,24,37-41,51,55H,23,25H2,1-2H3. The maximum absolute atomic E-state index is 15.2. The number of aromatic hydroxyl groups is 1. The number of halogens is 2. The molecule has 2 heterocycles. The van der Waals surface area contributed by atoms with Crippen molar-refractivity contribution in [2.75, 3.05) is 29.3 Å². The Morgan fingerprint density at radius 3 is 2.10 bits per heavy atom. The van der Waals surface area contributed by atoms with Crippen LogP contribution in [-0.2, 0) is 24.6 Å². The average molecular weight is 809 g/mol. The average Bonchev–Trinajstić information content (AvgIpc) is 3.61. The number of phenols is 1. The molecule has 0 radical (unpaired) electrons. The number of carbonyl (C=O) groups excluding carboxylic acids is 4. The van der Waals surface area contributed by atoms with Gasteiger partial charge in [-0.15, -0.1) is 0 Å². The molecular weight excluding hydrogens is 771 g/mol. The molecule has 0 aromatic heterocycles. The predicted octanol–water partition coefficient (Wildman–Crippen LogP) is 8.86. The first-order valence-electron chi connectivity index (χ1n) is 19.3. The number of amides is 4. The molecule has 5 aromatic rings. The third kappa shape index (κ3) is 6.26. The van der Waals surface area contributed by atoms with E-state index in [2.05, 4.69) is 15.7 Å². The summed E-state index contributed by atoms with van der Waals surface area (Å²) in [6.45, 7) is 0. The van der Waals surface area contributed by atoms with Crippen LogP contribution in [-0.4, -0.2) is 47.8 Å². The third-order valence-electron chi connectivity index (χ3n) is 12.2. The number of hydrazine groups is 1. The van der Waals surface area contributed by atoms with Crippen LogP contribution < -0.4 is 15.2 Å². The summed E-state index contributed by atoms with van der Waals surface area (Å²) in [7, 11) is 3.91. The molecule has 13 heteroatoms. The zero-order valence-electron chi connectivity index (χ0n) is 32.0. The molecule has 296 valence electrons. The molecule has 4 amide bonds. The van der Waals surface area contributed by atoms with Crippen LogP contribution in [0, 0.1) is 29.5 Å². The Kier molecular flexibility index (Phi) is 9.39. The molecule has 1 saturated carbocycles. The largest absolute Gasteiger partial charge is 0.508 e. The highest BCUT2D eigenvalue weighted by molar-refractivity contribution is 6.30. The van der Waals surface area contributed by atoms with E-state index < -0.39 is 58.5 Å². The van der Waals surface area contributed by atoms with Crippen LogP contribution >= 0.6 is 11.6 Å². The van der Waals surface area contributed by atoms with Gasteiger partial charge in [-0.2, -0.15) is 15.2 Å². The fourth-order valence-electron chi connectivity index (χ4n) is 9.59. The molecule has 4 aliphatic rings. The molecule has 2 aliphatic heterocycles. The lowest BCUT2D eigenvalue weighted by Crippen LogP contribution is -2.53. The summed E-state index contributed by atoms with van der Waals surface area (Å²) in [6, 6.07) is 33.1. The number of anilines is 3. The van der Waals surface area contributed by atoms with E-state index in [1.807, 2.05) is 49.3 Å². The Balaban J connectivity index is 1.09. The molecule has 0 spiro atoms. The van der Waals surface area contributed by atoms with Crippen LogP contribution in [0.4, 0.5) is 32.8 Å². The van der Waals surface area contributed by atoms with Gasteiger partial charge in [-0.3, -0.25) is 29.5 Å². The van der Waals surface area contributed by atoms with E-state index in [0.717, 1.165) is 16.3 Å². The molecule has 5 aromatic carbocycles. The highest BCUT2D eigenvalue weighted by Crippen LogP contribution is 2.64. The van der Waals surface area contributed by atoms with E-state index in [1.54, 1.807) is 66.7 Å². The Morgan fingerprint density at radius 1 is 0.797 bits per heavy atom. The maximum atomic E-state index is 15.2. The highest BCUT2D eigenvalue weighted by Gasteiger charge is 2.70. The number of imide groups is 2. The first-order chi connectivity index (χ1) is 28.4. The number of benzene rings is 5. The van der Waals surface area contributed by atoms with Gasteiger partial charge in [0.05, 0.1) is 45.9 Å². The molecule has 6 atom stereocenters. The molecule has 6 unspecified atom stereocenters. The van der Waals surface area contributed by atoms with Crippen molar-refractivity contribution in [3.63, 3.8) is 0 Å². The number of rotatable bonds is 8. The van der Waals surface area contributed by atoms with Gasteiger partial charge in [-0.05, 0) is 127 Å². The van der Waals surface area contributed by atoms with E-state index in [1.165, 1.54) is 35.2 Å². The number of phenolic OH excluding ortho intramolecular Hbond substituents is 1. The number of azo groups is 1. The van der Waals surface area contributed by atoms with Gasteiger partial charge in [0.15, 0.2) is 0 Å². The Labute approximate surface area is 344 Å². The first kappa shape index (κ1) is 37.9. The normalized spacial score (nSPS) is 24.9. The topological polar surface area (TPSA) is 135 Å². The minimum absolute atomic E-state index is 0.0386. The van der Waals surface area contributed by atoms with Crippen LogP contribution in [0.25, 0.3) is 0 Å². The quantitative estimate of drug-likeness (QED) is 0.0909. The smallest absolute Gasteiger partial charge is 0.260 e. The fraction of sp³-hybridized carbons (Fsp3) is 0.217. The fourth-order valence-corrected chi connectivity index (χ4v) is 9.72. The number of carbonyl (C=O) groups is 4. The minimum Gasteiger partial charge on any atom is -0.508 e. The number of nitrogens with one attached hydrogen (secondary N) is 1. The first-order valence-corrected chi connectivity index (χ1v) is 19.7. The number of nitrogens with zero attached hydrogens (tertiary/aromatic N) is 5. The zero-order chi connectivity index (χ0) is 41.2. The van der Waals surface area contributed by atoms with Crippen molar-refractivity contribution in [1.82, 2.24) is 5.01 Å². The maximum Gasteiger partial charge on any atom is 0.260 e.